The van der Waals surface area contributed by atoms with E-state index < -0.39 is 0 Å². The molecule has 2 amide bonds. The first-order chi connectivity index (χ1) is 13.2. The molecule has 0 aliphatic heterocycles. The highest BCUT2D eigenvalue weighted by Gasteiger charge is 2.34. The fourth-order valence-corrected chi connectivity index (χ4v) is 5.13. The van der Waals surface area contributed by atoms with E-state index in [0.29, 0.717) is 22.9 Å². The van der Waals surface area contributed by atoms with Crippen LogP contribution in [0.3, 0.4) is 0 Å². The molecule has 0 spiro atoms. The Labute approximate surface area is 171 Å². The summed E-state index contributed by atoms with van der Waals surface area (Å²) in [4.78, 5) is 26.5. The van der Waals surface area contributed by atoms with E-state index in [9.17, 15) is 9.59 Å². The predicted molar refractivity (Wildman–Crippen MR) is 117 cm³/mol. The standard InChI is InChI=1S/C23H30N2O2S/c1-6-19(26)25-22-20(21(27)24-16-9-7-8-14(2)12-16)17-11-10-15(23(3,4)5)13-18(17)28-22/h7-9,12,15H,6,10-11,13H2,1-5H3,(H,24,27)(H,25,26). The molecule has 4 nitrogen and oxygen atoms in total. The molecule has 1 aliphatic rings. The zero-order valence-corrected chi connectivity index (χ0v) is 18.3. The van der Waals surface area contributed by atoms with Gasteiger partial charge >= 0.3 is 0 Å². The minimum atomic E-state index is -0.135. The maximum Gasteiger partial charge on any atom is 0.258 e. The van der Waals surface area contributed by atoms with Gasteiger partial charge in [0, 0.05) is 17.0 Å². The summed E-state index contributed by atoms with van der Waals surface area (Å²) >= 11 is 1.57. The number of thiophene rings is 1. The number of aryl methyl sites for hydroxylation is 1. The van der Waals surface area contributed by atoms with E-state index in [1.165, 1.54) is 4.88 Å². The van der Waals surface area contributed by atoms with Gasteiger partial charge in [-0.25, -0.2) is 0 Å². The van der Waals surface area contributed by atoms with Crippen molar-refractivity contribution in [3.8, 4) is 0 Å². The van der Waals surface area contributed by atoms with Crippen LogP contribution in [0.1, 0.15) is 66.9 Å². The van der Waals surface area contributed by atoms with Crippen LogP contribution < -0.4 is 10.6 Å². The van der Waals surface area contributed by atoms with E-state index in [2.05, 4.69) is 31.4 Å². The molecule has 5 heteroatoms. The highest BCUT2D eigenvalue weighted by atomic mass is 32.1. The topological polar surface area (TPSA) is 58.2 Å². The highest BCUT2D eigenvalue weighted by molar-refractivity contribution is 7.17. The van der Waals surface area contributed by atoms with Gasteiger partial charge in [0.2, 0.25) is 5.91 Å². The third-order valence-corrected chi connectivity index (χ3v) is 6.74. The van der Waals surface area contributed by atoms with E-state index in [0.717, 1.165) is 36.1 Å². The number of nitrogens with one attached hydrogen (secondary N) is 2. The number of amides is 2. The maximum absolute atomic E-state index is 13.2. The van der Waals surface area contributed by atoms with Gasteiger partial charge in [0.25, 0.3) is 5.91 Å². The van der Waals surface area contributed by atoms with Crippen LogP contribution in [0.5, 0.6) is 0 Å². The zero-order valence-electron chi connectivity index (χ0n) is 17.4. The molecule has 0 fully saturated rings. The number of carbonyl (C=O) groups excluding carboxylic acids is 2. The third kappa shape index (κ3) is 4.46. The van der Waals surface area contributed by atoms with Crippen LogP contribution in [0, 0.1) is 18.3 Å². The highest BCUT2D eigenvalue weighted by Crippen LogP contribution is 2.44. The van der Waals surface area contributed by atoms with Crippen molar-refractivity contribution in [3.63, 3.8) is 0 Å². The largest absolute Gasteiger partial charge is 0.322 e. The third-order valence-electron chi connectivity index (χ3n) is 5.57. The average Bonchev–Trinajstić information content (AvgIpc) is 2.97. The molecule has 0 radical (unpaired) electrons. The summed E-state index contributed by atoms with van der Waals surface area (Å²) < 4.78 is 0. The van der Waals surface area contributed by atoms with Gasteiger partial charge in [-0.2, -0.15) is 0 Å². The normalized spacial score (nSPS) is 16.4. The van der Waals surface area contributed by atoms with Gasteiger partial charge < -0.3 is 10.6 Å². The lowest BCUT2D eigenvalue weighted by atomic mass is 9.72. The van der Waals surface area contributed by atoms with Crippen LogP contribution in [0.2, 0.25) is 0 Å². The first-order valence-electron chi connectivity index (χ1n) is 10.0. The number of fused-ring (bicyclic) bond motifs is 1. The van der Waals surface area contributed by atoms with Gasteiger partial charge in [-0.15, -0.1) is 11.3 Å². The molecule has 1 aliphatic carbocycles. The Morgan fingerprint density at radius 3 is 2.61 bits per heavy atom. The van der Waals surface area contributed by atoms with Crippen LogP contribution in [0.25, 0.3) is 0 Å². The molecule has 1 aromatic heterocycles. The number of anilines is 2. The molecule has 2 N–H and O–H groups in total. The molecular weight excluding hydrogens is 368 g/mol. The lowest BCUT2D eigenvalue weighted by molar-refractivity contribution is -0.115. The Morgan fingerprint density at radius 1 is 1.21 bits per heavy atom. The van der Waals surface area contributed by atoms with E-state index in [1.54, 1.807) is 11.3 Å². The van der Waals surface area contributed by atoms with Crippen molar-refractivity contribution in [2.45, 2.75) is 60.3 Å². The van der Waals surface area contributed by atoms with Crippen LogP contribution in [-0.4, -0.2) is 11.8 Å². The molecule has 28 heavy (non-hydrogen) atoms. The van der Waals surface area contributed by atoms with Crippen molar-refractivity contribution in [1.29, 1.82) is 0 Å². The molecular formula is C23H30N2O2S. The average molecular weight is 399 g/mol. The van der Waals surface area contributed by atoms with Crippen LogP contribution in [-0.2, 0) is 17.6 Å². The lowest BCUT2D eigenvalue weighted by Crippen LogP contribution is -2.27. The van der Waals surface area contributed by atoms with E-state index in [-0.39, 0.29) is 17.2 Å². The van der Waals surface area contributed by atoms with Crippen molar-refractivity contribution in [2.24, 2.45) is 11.3 Å². The van der Waals surface area contributed by atoms with Gasteiger partial charge in [-0.1, -0.05) is 39.8 Å². The van der Waals surface area contributed by atoms with Gasteiger partial charge in [0.05, 0.1) is 5.56 Å². The van der Waals surface area contributed by atoms with Crippen LogP contribution in [0.4, 0.5) is 10.7 Å². The molecule has 150 valence electrons. The van der Waals surface area contributed by atoms with Crippen molar-refractivity contribution in [3.05, 3.63) is 45.8 Å². The number of hydrogen-bond donors (Lipinski definition) is 2. The fraction of sp³-hybridized carbons (Fsp3) is 0.478. The second-order valence-corrected chi connectivity index (χ2v) is 9.84. The molecule has 3 rings (SSSR count). The monoisotopic (exact) mass is 398 g/mol. The Kier molecular flexibility index (Phi) is 5.94. The smallest absolute Gasteiger partial charge is 0.258 e. The first-order valence-corrected chi connectivity index (χ1v) is 10.8. The minimum absolute atomic E-state index is 0.0597. The summed E-state index contributed by atoms with van der Waals surface area (Å²) in [5, 5.41) is 6.68. The Hall–Kier alpha value is -2.14. The number of hydrogen-bond acceptors (Lipinski definition) is 3. The molecule has 1 atom stereocenters. The molecule has 0 saturated carbocycles. The summed E-state index contributed by atoms with van der Waals surface area (Å²) in [6.07, 6.45) is 3.31. The second kappa shape index (κ2) is 8.08. The van der Waals surface area contributed by atoms with E-state index in [1.807, 2.05) is 38.1 Å². The zero-order chi connectivity index (χ0) is 20.5. The summed E-state index contributed by atoms with van der Waals surface area (Å²) in [7, 11) is 0. The molecule has 1 heterocycles. The Morgan fingerprint density at radius 2 is 1.96 bits per heavy atom. The minimum Gasteiger partial charge on any atom is -0.322 e. The van der Waals surface area contributed by atoms with E-state index >= 15 is 0 Å². The van der Waals surface area contributed by atoms with Crippen LogP contribution >= 0.6 is 11.3 Å². The number of benzene rings is 1. The Balaban J connectivity index is 1.95. The molecule has 1 unspecified atom stereocenters. The predicted octanol–water partition coefficient (Wildman–Crippen LogP) is 5.81. The van der Waals surface area contributed by atoms with Gasteiger partial charge in [0.1, 0.15) is 5.00 Å². The second-order valence-electron chi connectivity index (χ2n) is 8.74. The molecule has 0 bridgehead atoms. The summed E-state index contributed by atoms with van der Waals surface area (Å²) in [6.45, 7) is 10.7. The molecule has 2 aromatic rings. The maximum atomic E-state index is 13.2. The lowest BCUT2D eigenvalue weighted by Gasteiger charge is -2.33. The SMILES string of the molecule is CCC(=O)Nc1sc2c(c1C(=O)Nc1cccc(C)c1)CCC(C(C)(C)C)C2. The molecule has 1 aromatic carbocycles. The quantitative estimate of drug-likeness (QED) is 0.683. The van der Waals surface area contributed by atoms with Crippen molar-refractivity contribution in [1.82, 2.24) is 0 Å². The summed E-state index contributed by atoms with van der Waals surface area (Å²) in [6, 6.07) is 7.78. The van der Waals surface area contributed by atoms with Crippen LogP contribution in [0.15, 0.2) is 24.3 Å². The summed E-state index contributed by atoms with van der Waals surface area (Å²) in [5.41, 5.74) is 3.87. The Bertz CT molecular complexity index is 892. The van der Waals surface area contributed by atoms with E-state index in [4.69, 9.17) is 0 Å². The first kappa shape index (κ1) is 20.6. The van der Waals surface area contributed by atoms with Crippen molar-refractivity contribution < 1.29 is 9.59 Å². The summed E-state index contributed by atoms with van der Waals surface area (Å²) in [5.74, 6) is 0.389. The van der Waals surface area contributed by atoms with Gasteiger partial charge in [0.15, 0.2) is 0 Å². The fourth-order valence-electron chi connectivity index (χ4n) is 3.78. The van der Waals surface area contributed by atoms with Crippen molar-refractivity contribution in [2.75, 3.05) is 10.6 Å². The van der Waals surface area contributed by atoms with Crippen molar-refractivity contribution >= 4 is 33.8 Å². The molecule has 0 saturated heterocycles. The van der Waals surface area contributed by atoms with Gasteiger partial charge in [-0.3, -0.25) is 9.59 Å². The number of carbonyl (C=O) groups is 2. The number of rotatable bonds is 4. The van der Waals surface area contributed by atoms with Gasteiger partial charge in [-0.05, 0) is 60.8 Å².